The Labute approximate surface area is 169 Å². The van der Waals surface area contributed by atoms with E-state index in [-0.39, 0.29) is 18.0 Å². The molecule has 2 N–H and O–H groups in total. The van der Waals surface area contributed by atoms with Crippen molar-refractivity contribution in [1.82, 2.24) is 10.3 Å². The summed E-state index contributed by atoms with van der Waals surface area (Å²) in [4.78, 5) is 28.8. The molecule has 0 saturated carbocycles. The highest BCUT2D eigenvalue weighted by molar-refractivity contribution is 5.88. The van der Waals surface area contributed by atoms with Crippen molar-refractivity contribution in [3.05, 3.63) is 71.9 Å². The molecule has 2 aromatic carbocycles. The molecule has 0 aliphatic carbocycles. The minimum atomic E-state index is -1.03. The number of para-hydroxylation sites is 1. The summed E-state index contributed by atoms with van der Waals surface area (Å²) in [5.74, 6) is -1.21. The summed E-state index contributed by atoms with van der Waals surface area (Å²) < 4.78 is 10.2. The third-order valence-electron chi connectivity index (χ3n) is 5.81. The van der Waals surface area contributed by atoms with Crippen LogP contribution < -0.4 is 5.32 Å². The molecule has 150 valence electrons. The molecule has 3 aromatic rings. The van der Waals surface area contributed by atoms with Crippen LogP contribution in [0, 0.1) is 5.92 Å². The topological polar surface area (TPSA) is 80.4 Å². The first-order chi connectivity index (χ1) is 14.1. The number of carbonyl (C=O) groups is 2. The van der Waals surface area contributed by atoms with Gasteiger partial charge < -0.3 is 14.5 Å². The highest BCUT2D eigenvalue weighted by Gasteiger charge is 2.54. The summed E-state index contributed by atoms with van der Waals surface area (Å²) in [5, 5.41) is 4.50. The quantitative estimate of drug-likeness (QED) is 0.652. The van der Waals surface area contributed by atoms with Crippen molar-refractivity contribution in [3.63, 3.8) is 0 Å². The van der Waals surface area contributed by atoms with Gasteiger partial charge in [0, 0.05) is 29.6 Å². The van der Waals surface area contributed by atoms with Gasteiger partial charge in [-0.15, -0.1) is 0 Å². The van der Waals surface area contributed by atoms with E-state index in [0.29, 0.717) is 12.8 Å². The van der Waals surface area contributed by atoms with Crippen molar-refractivity contribution in [1.29, 1.82) is 0 Å². The largest absolute Gasteiger partial charge is 0.469 e. The van der Waals surface area contributed by atoms with E-state index >= 15 is 0 Å². The van der Waals surface area contributed by atoms with Crippen LogP contribution in [0.2, 0.25) is 0 Å². The van der Waals surface area contributed by atoms with Gasteiger partial charge in [0.05, 0.1) is 20.1 Å². The van der Waals surface area contributed by atoms with Gasteiger partial charge >= 0.3 is 11.9 Å². The molecule has 1 aliphatic heterocycles. The molecule has 0 amide bonds. The zero-order valence-electron chi connectivity index (χ0n) is 16.5. The number of carbonyl (C=O) groups excluding carboxylic acids is 2. The Morgan fingerprint density at radius 3 is 2.48 bits per heavy atom. The molecule has 1 fully saturated rings. The molecular formula is C23H24N2O4. The van der Waals surface area contributed by atoms with Crippen molar-refractivity contribution < 1.29 is 19.1 Å². The Bertz CT molecular complexity index is 1030. The smallest absolute Gasteiger partial charge is 0.326 e. The highest BCUT2D eigenvalue weighted by atomic mass is 16.5. The number of aromatic amines is 1. The van der Waals surface area contributed by atoms with Gasteiger partial charge in [0.2, 0.25) is 0 Å². The SMILES string of the molecule is COC(=O)C1C[C@](Cc2c[nH]c3ccccc23)(C(=O)OC)N[C@@H]1c1ccccc1. The summed E-state index contributed by atoms with van der Waals surface area (Å²) in [7, 11) is 2.76. The fraction of sp³-hybridized carbons (Fsp3) is 0.304. The van der Waals surface area contributed by atoms with Crippen molar-refractivity contribution in [2.24, 2.45) is 5.92 Å². The van der Waals surface area contributed by atoms with Gasteiger partial charge in [-0.1, -0.05) is 48.5 Å². The van der Waals surface area contributed by atoms with Gasteiger partial charge in [-0.25, -0.2) is 0 Å². The van der Waals surface area contributed by atoms with Crippen LogP contribution in [-0.4, -0.2) is 36.7 Å². The number of hydrogen-bond donors (Lipinski definition) is 2. The molecule has 4 rings (SSSR count). The number of esters is 2. The number of aromatic nitrogens is 1. The third-order valence-corrected chi connectivity index (χ3v) is 5.81. The molecule has 29 heavy (non-hydrogen) atoms. The Hall–Kier alpha value is -3.12. The minimum absolute atomic E-state index is 0.297. The molecule has 1 aromatic heterocycles. The van der Waals surface area contributed by atoms with Gasteiger partial charge in [0.15, 0.2) is 0 Å². The van der Waals surface area contributed by atoms with Gasteiger partial charge in [-0.3, -0.25) is 14.9 Å². The van der Waals surface area contributed by atoms with Crippen molar-refractivity contribution in [3.8, 4) is 0 Å². The second-order valence-electron chi connectivity index (χ2n) is 7.48. The van der Waals surface area contributed by atoms with E-state index in [1.165, 1.54) is 14.2 Å². The van der Waals surface area contributed by atoms with Crippen molar-refractivity contribution in [2.45, 2.75) is 24.4 Å². The van der Waals surface area contributed by atoms with Crippen molar-refractivity contribution in [2.75, 3.05) is 14.2 Å². The fourth-order valence-electron chi connectivity index (χ4n) is 4.43. The maximum atomic E-state index is 13.0. The van der Waals surface area contributed by atoms with Crippen LogP contribution in [0.25, 0.3) is 10.9 Å². The first kappa shape index (κ1) is 19.2. The number of H-pyrrole nitrogens is 1. The van der Waals surface area contributed by atoms with E-state index in [9.17, 15) is 9.59 Å². The van der Waals surface area contributed by atoms with Gasteiger partial charge in [0.1, 0.15) is 5.54 Å². The minimum Gasteiger partial charge on any atom is -0.469 e. The number of rotatable bonds is 5. The van der Waals surface area contributed by atoms with Crippen LogP contribution in [0.15, 0.2) is 60.8 Å². The van der Waals surface area contributed by atoms with Gasteiger partial charge in [-0.2, -0.15) is 0 Å². The molecule has 1 unspecified atom stereocenters. The van der Waals surface area contributed by atoms with Crippen LogP contribution in [0.4, 0.5) is 0 Å². The lowest BCUT2D eigenvalue weighted by molar-refractivity contribution is -0.148. The van der Waals surface area contributed by atoms with Crippen LogP contribution in [0.5, 0.6) is 0 Å². The summed E-state index contributed by atoms with van der Waals surface area (Å²) >= 11 is 0. The summed E-state index contributed by atoms with van der Waals surface area (Å²) in [6.07, 6.45) is 2.62. The molecular weight excluding hydrogens is 368 g/mol. The van der Waals surface area contributed by atoms with Crippen LogP contribution in [0.1, 0.15) is 23.6 Å². The van der Waals surface area contributed by atoms with Crippen LogP contribution in [-0.2, 0) is 25.5 Å². The second kappa shape index (κ2) is 7.72. The molecule has 6 nitrogen and oxygen atoms in total. The van der Waals surface area contributed by atoms with Crippen LogP contribution >= 0.6 is 0 Å². The second-order valence-corrected chi connectivity index (χ2v) is 7.48. The third kappa shape index (κ3) is 3.40. The predicted molar refractivity (Wildman–Crippen MR) is 109 cm³/mol. The lowest BCUT2D eigenvalue weighted by Crippen LogP contribution is -2.50. The molecule has 0 spiro atoms. The van der Waals surface area contributed by atoms with Gasteiger partial charge in [-0.05, 0) is 23.6 Å². The average Bonchev–Trinajstić information content (AvgIpc) is 3.36. The number of fused-ring (bicyclic) bond motifs is 1. The maximum Gasteiger partial charge on any atom is 0.326 e. The van der Waals surface area contributed by atoms with Crippen LogP contribution in [0.3, 0.4) is 0 Å². The number of benzene rings is 2. The Morgan fingerprint density at radius 1 is 1.03 bits per heavy atom. The van der Waals surface area contributed by atoms with Gasteiger partial charge in [0.25, 0.3) is 0 Å². The molecule has 1 saturated heterocycles. The summed E-state index contributed by atoms with van der Waals surface area (Å²) in [6, 6.07) is 17.3. The number of ether oxygens (including phenoxy) is 2. The van der Waals surface area contributed by atoms with E-state index in [2.05, 4.69) is 10.3 Å². The molecule has 6 heteroatoms. The van der Waals surface area contributed by atoms with E-state index in [1.54, 1.807) is 0 Å². The zero-order valence-corrected chi connectivity index (χ0v) is 16.5. The number of methoxy groups -OCH3 is 2. The van der Waals surface area contributed by atoms with E-state index in [4.69, 9.17) is 9.47 Å². The molecule has 0 bridgehead atoms. The number of nitrogens with one attached hydrogen (secondary N) is 2. The van der Waals surface area contributed by atoms with Crippen molar-refractivity contribution >= 4 is 22.8 Å². The van der Waals surface area contributed by atoms with E-state index in [1.807, 2.05) is 60.8 Å². The Kier molecular flexibility index (Phi) is 5.11. The first-order valence-electron chi connectivity index (χ1n) is 9.62. The molecule has 3 atom stereocenters. The normalized spacial score (nSPS) is 23.8. The highest BCUT2D eigenvalue weighted by Crippen LogP contribution is 2.42. The Balaban J connectivity index is 1.76. The zero-order chi connectivity index (χ0) is 20.4. The molecule has 0 radical (unpaired) electrons. The number of hydrogen-bond acceptors (Lipinski definition) is 5. The Morgan fingerprint density at radius 2 is 1.76 bits per heavy atom. The summed E-state index contributed by atoms with van der Waals surface area (Å²) in [6.45, 7) is 0. The molecule has 1 aliphatic rings. The standard InChI is InChI=1S/C23H24N2O4/c1-28-21(26)18-13-23(22(27)29-2,25-20(18)15-8-4-3-5-9-15)12-16-14-24-19-11-7-6-10-17(16)19/h3-11,14,18,20,24-25H,12-13H2,1-2H3/t18?,20-,23-/m1/s1. The lowest BCUT2D eigenvalue weighted by Gasteiger charge is -2.27. The average molecular weight is 392 g/mol. The fourth-order valence-corrected chi connectivity index (χ4v) is 4.43. The predicted octanol–water partition coefficient (Wildman–Crippen LogP) is 3.15. The molecule has 2 heterocycles. The van der Waals surface area contributed by atoms with E-state index < -0.39 is 11.5 Å². The maximum absolute atomic E-state index is 13.0. The monoisotopic (exact) mass is 392 g/mol. The first-order valence-corrected chi connectivity index (χ1v) is 9.62. The van der Waals surface area contributed by atoms with E-state index in [0.717, 1.165) is 22.0 Å². The lowest BCUT2D eigenvalue weighted by atomic mass is 9.85. The summed E-state index contributed by atoms with van der Waals surface area (Å²) in [5.41, 5.74) is 1.91.